The molecule has 10 heteroatoms. The molecule has 1 aromatic rings. The van der Waals surface area contributed by atoms with Gasteiger partial charge >= 0.3 is 12.1 Å². The number of piperidine rings is 1. The number of ether oxygens (including phenoxy) is 2. The summed E-state index contributed by atoms with van der Waals surface area (Å²) in [6.45, 7) is 3.76. The maximum absolute atomic E-state index is 13.0. The molecule has 3 rings (SSSR count). The highest BCUT2D eigenvalue weighted by Crippen LogP contribution is 2.34. The highest BCUT2D eigenvalue weighted by molar-refractivity contribution is 6.30. The first-order valence-electron chi connectivity index (χ1n) is 12.2. The van der Waals surface area contributed by atoms with Crippen molar-refractivity contribution in [3.05, 3.63) is 34.9 Å². The monoisotopic (exact) mass is 496 g/mol. The SMILES string of the molecule is NN(CCCC1CCCOC1)C(=O)N1CCCC([C@@H](OCCNC(=O)O)c2cccc(Cl)c2)C1. The average Bonchev–Trinajstić information content (AvgIpc) is 2.84. The van der Waals surface area contributed by atoms with Crippen LogP contribution >= 0.6 is 11.6 Å². The molecule has 2 saturated heterocycles. The Morgan fingerprint density at radius 3 is 2.94 bits per heavy atom. The summed E-state index contributed by atoms with van der Waals surface area (Å²) in [6, 6.07) is 7.32. The van der Waals surface area contributed by atoms with Crippen molar-refractivity contribution in [3.8, 4) is 0 Å². The molecule has 0 bridgehead atoms. The standard InChI is InChI=1S/C24H37ClN4O5/c25-21-9-1-7-19(15-21)22(34-14-10-27-23(30)31)20-8-3-11-28(16-20)24(32)29(26)12-2-5-18-6-4-13-33-17-18/h1,7,9,15,18,20,22,27H,2-6,8,10-14,16-17,26H2,(H,30,31)/t18?,20?,22-/m0/s1. The van der Waals surface area contributed by atoms with Gasteiger partial charge in [0.05, 0.1) is 12.7 Å². The van der Waals surface area contributed by atoms with Crippen LogP contribution in [0.5, 0.6) is 0 Å². The van der Waals surface area contributed by atoms with Crippen molar-refractivity contribution >= 4 is 23.7 Å². The number of benzene rings is 1. The van der Waals surface area contributed by atoms with Gasteiger partial charge in [-0.15, -0.1) is 0 Å². The molecule has 4 N–H and O–H groups in total. The minimum absolute atomic E-state index is 0.0498. The second-order valence-electron chi connectivity index (χ2n) is 9.13. The molecule has 0 radical (unpaired) electrons. The number of hydrazine groups is 1. The van der Waals surface area contributed by atoms with Crippen LogP contribution in [0.4, 0.5) is 9.59 Å². The number of hydrogen-bond acceptors (Lipinski definition) is 5. The number of rotatable bonds is 10. The maximum atomic E-state index is 13.0. The Morgan fingerprint density at radius 1 is 1.35 bits per heavy atom. The minimum atomic E-state index is -1.09. The van der Waals surface area contributed by atoms with E-state index in [-0.39, 0.29) is 31.2 Å². The van der Waals surface area contributed by atoms with E-state index in [4.69, 9.17) is 32.0 Å². The lowest BCUT2D eigenvalue weighted by Gasteiger charge is -2.38. The van der Waals surface area contributed by atoms with Crippen molar-refractivity contribution in [1.82, 2.24) is 15.2 Å². The fourth-order valence-electron chi connectivity index (χ4n) is 4.83. The van der Waals surface area contributed by atoms with E-state index in [0.29, 0.717) is 30.6 Å². The lowest BCUT2D eigenvalue weighted by Crippen LogP contribution is -2.51. The average molecular weight is 497 g/mol. The van der Waals surface area contributed by atoms with Gasteiger partial charge in [0.15, 0.2) is 0 Å². The van der Waals surface area contributed by atoms with Gasteiger partial charge in [0.1, 0.15) is 0 Å². The summed E-state index contributed by atoms with van der Waals surface area (Å²) in [6.07, 6.45) is 4.50. The molecule has 2 aliphatic heterocycles. The topological polar surface area (TPSA) is 117 Å². The van der Waals surface area contributed by atoms with Crippen LogP contribution in [0.25, 0.3) is 0 Å². The third-order valence-electron chi connectivity index (χ3n) is 6.52. The van der Waals surface area contributed by atoms with E-state index in [2.05, 4.69) is 5.32 Å². The van der Waals surface area contributed by atoms with E-state index >= 15 is 0 Å². The second-order valence-corrected chi connectivity index (χ2v) is 9.56. The van der Waals surface area contributed by atoms with Crippen LogP contribution in [0.15, 0.2) is 24.3 Å². The number of hydrogen-bond donors (Lipinski definition) is 3. The molecule has 2 aliphatic rings. The zero-order chi connectivity index (χ0) is 24.3. The van der Waals surface area contributed by atoms with Crippen LogP contribution in [-0.4, -0.2) is 73.1 Å². The Labute approximate surface area is 206 Å². The number of amides is 3. The Morgan fingerprint density at radius 2 is 2.21 bits per heavy atom. The Hall–Kier alpha value is -2.07. The molecule has 2 heterocycles. The van der Waals surface area contributed by atoms with Crippen molar-refractivity contribution in [2.45, 2.75) is 44.6 Å². The van der Waals surface area contributed by atoms with Gasteiger partial charge in [-0.25, -0.2) is 15.4 Å². The summed E-state index contributed by atoms with van der Waals surface area (Å²) < 4.78 is 11.6. The van der Waals surface area contributed by atoms with Crippen LogP contribution in [0.3, 0.4) is 0 Å². The van der Waals surface area contributed by atoms with Gasteiger partial charge in [0, 0.05) is 50.3 Å². The number of nitrogens with one attached hydrogen (secondary N) is 1. The molecule has 2 unspecified atom stereocenters. The number of carboxylic acid groups (broad SMARTS) is 1. The van der Waals surface area contributed by atoms with Gasteiger partial charge in [0.2, 0.25) is 0 Å². The lowest BCUT2D eigenvalue weighted by atomic mass is 9.88. The van der Waals surface area contributed by atoms with Crippen LogP contribution in [0.1, 0.15) is 50.2 Å². The largest absolute Gasteiger partial charge is 0.465 e. The second kappa shape index (κ2) is 13.7. The maximum Gasteiger partial charge on any atom is 0.404 e. The molecule has 0 saturated carbocycles. The molecule has 0 aromatic heterocycles. The lowest BCUT2D eigenvalue weighted by molar-refractivity contribution is -0.0106. The van der Waals surface area contributed by atoms with Crippen molar-refractivity contribution in [1.29, 1.82) is 0 Å². The number of carbonyl (C=O) groups is 2. The number of carbonyl (C=O) groups excluding carboxylic acids is 1. The Bertz CT molecular complexity index is 792. The molecule has 3 amide bonds. The molecule has 34 heavy (non-hydrogen) atoms. The van der Waals surface area contributed by atoms with Crippen molar-refractivity contribution in [2.75, 3.05) is 46.0 Å². The Kier molecular flexibility index (Phi) is 10.7. The van der Waals surface area contributed by atoms with Crippen molar-refractivity contribution in [3.63, 3.8) is 0 Å². The summed E-state index contributed by atoms with van der Waals surface area (Å²) in [7, 11) is 0. The number of nitrogens with zero attached hydrogens (tertiary/aromatic N) is 2. The molecule has 3 atom stereocenters. The van der Waals surface area contributed by atoms with E-state index in [1.165, 1.54) is 11.4 Å². The Balaban J connectivity index is 1.56. The molecular weight excluding hydrogens is 460 g/mol. The summed E-state index contributed by atoms with van der Waals surface area (Å²) in [5, 5.41) is 13.1. The zero-order valence-corrected chi connectivity index (χ0v) is 20.4. The van der Waals surface area contributed by atoms with Gasteiger partial charge in [0.25, 0.3) is 0 Å². The fourth-order valence-corrected chi connectivity index (χ4v) is 5.02. The summed E-state index contributed by atoms with van der Waals surface area (Å²) in [4.78, 5) is 25.6. The first-order chi connectivity index (χ1) is 16.4. The van der Waals surface area contributed by atoms with Crippen LogP contribution in [0.2, 0.25) is 5.02 Å². The molecule has 0 spiro atoms. The smallest absolute Gasteiger partial charge is 0.404 e. The van der Waals surface area contributed by atoms with Gasteiger partial charge in [-0.1, -0.05) is 23.7 Å². The van der Waals surface area contributed by atoms with Gasteiger partial charge in [-0.3, -0.25) is 5.01 Å². The predicted octanol–water partition coefficient (Wildman–Crippen LogP) is 3.88. The van der Waals surface area contributed by atoms with E-state index in [0.717, 1.165) is 50.9 Å². The van der Waals surface area contributed by atoms with E-state index < -0.39 is 6.09 Å². The molecule has 0 aliphatic carbocycles. The van der Waals surface area contributed by atoms with E-state index in [9.17, 15) is 9.59 Å². The summed E-state index contributed by atoms with van der Waals surface area (Å²) >= 11 is 6.21. The van der Waals surface area contributed by atoms with Crippen LogP contribution in [-0.2, 0) is 9.47 Å². The molecule has 9 nitrogen and oxygen atoms in total. The zero-order valence-electron chi connectivity index (χ0n) is 19.7. The highest BCUT2D eigenvalue weighted by Gasteiger charge is 2.32. The van der Waals surface area contributed by atoms with E-state index in [1.54, 1.807) is 11.0 Å². The van der Waals surface area contributed by atoms with Gasteiger partial charge in [-0.05, 0) is 62.1 Å². The summed E-state index contributed by atoms with van der Waals surface area (Å²) in [5.41, 5.74) is 0.918. The van der Waals surface area contributed by atoms with E-state index in [1.807, 2.05) is 18.2 Å². The number of nitrogens with two attached hydrogens (primary N) is 1. The molecular formula is C24H37ClN4O5. The first-order valence-corrected chi connectivity index (χ1v) is 12.5. The van der Waals surface area contributed by atoms with Gasteiger partial charge < -0.3 is 24.8 Å². The van der Waals surface area contributed by atoms with Crippen LogP contribution < -0.4 is 11.2 Å². The van der Waals surface area contributed by atoms with Crippen molar-refractivity contribution < 1.29 is 24.2 Å². The number of halogens is 1. The third kappa shape index (κ3) is 8.30. The summed E-state index contributed by atoms with van der Waals surface area (Å²) in [5.74, 6) is 6.75. The minimum Gasteiger partial charge on any atom is -0.465 e. The van der Waals surface area contributed by atoms with Crippen molar-refractivity contribution in [2.24, 2.45) is 17.7 Å². The molecule has 2 fully saturated rings. The quantitative estimate of drug-likeness (QED) is 0.196. The highest BCUT2D eigenvalue weighted by atomic mass is 35.5. The molecule has 190 valence electrons. The third-order valence-corrected chi connectivity index (χ3v) is 6.76. The number of likely N-dealkylation sites (tertiary alicyclic amines) is 1. The fraction of sp³-hybridized carbons (Fsp3) is 0.667. The van der Waals surface area contributed by atoms with Gasteiger partial charge in [-0.2, -0.15) is 0 Å². The van der Waals surface area contributed by atoms with Crippen LogP contribution in [0, 0.1) is 11.8 Å². The number of urea groups is 1. The predicted molar refractivity (Wildman–Crippen MR) is 130 cm³/mol. The molecule has 1 aromatic carbocycles. The normalized spacial score (nSPS) is 21.6. The first kappa shape index (κ1) is 26.5.